The first-order valence-electron chi connectivity index (χ1n) is 6.98. The zero-order valence-corrected chi connectivity index (χ0v) is 12.0. The van der Waals surface area contributed by atoms with Crippen LogP contribution in [0.15, 0.2) is 18.2 Å². The van der Waals surface area contributed by atoms with Gasteiger partial charge in [-0.25, -0.2) is 4.39 Å². The zero-order valence-electron chi connectivity index (χ0n) is 12.0. The van der Waals surface area contributed by atoms with Crippen LogP contribution in [-0.2, 0) is 4.74 Å². The largest absolute Gasteiger partial charge is 0.374 e. The Labute approximate surface area is 118 Å². The number of aryl methyl sites for hydroxylation is 1. The van der Waals surface area contributed by atoms with E-state index in [-0.39, 0.29) is 17.6 Å². The first-order valence-corrected chi connectivity index (χ1v) is 6.98. The van der Waals surface area contributed by atoms with E-state index in [2.05, 4.69) is 17.1 Å². The van der Waals surface area contributed by atoms with Gasteiger partial charge < -0.3 is 10.1 Å². The molecule has 0 aliphatic carbocycles. The Balaban J connectivity index is 1.88. The minimum atomic E-state index is -0.484. The van der Waals surface area contributed by atoms with Crippen LogP contribution in [0.4, 0.5) is 4.39 Å². The normalized spacial score (nSPS) is 19.9. The monoisotopic (exact) mass is 280 g/mol. The van der Waals surface area contributed by atoms with Crippen molar-refractivity contribution < 1.29 is 13.9 Å². The summed E-state index contributed by atoms with van der Waals surface area (Å²) in [5.74, 6) is -0.873. The van der Waals surface area contributed by atoms with Gasteiger partial charge in [0.2, 0.25) is 0 Å². The van der Waals surface area contributed by atoms with Crippen molar-refractivity contribution in [2.75, 3.05) is 32.8 Å². The van der Waals surface area contributed by atoms with Crippen LogP contribution in [-0.4, -0.2) is 49.7 Å². The molecule has 1 heterocycles. The second kappa shape index (κ2) is 6.81. The summed E-state index contributed by atoms with van der Waals surface area (Å²) in [4.78, 5) is 14.2. The molecule has 1 aliphatic rings. The first-order chi connectivity index (χ1) is 9.60. The number of amides is 1. The molecular formula is C15H21FN2O2. The summed E-state index contributed by atoms with van der Waals surface area (Å²) in [5, 5.41) is 2.74. The topological polar surface area (TPSA) is 41.6 Å². The van der Waals surface area contributed by atoms with Gasteiger partial charge in [-0.1, -0.05) is 13.0 Å². The maximum Gasteiger partial charge on any atom is 0.254 e. The Kier molecular flexibility index (Phi) is 5.09. The molecule has 1 atom stereocenters. The van der Waals surface area contributed by atoms with Gasteiger partial charge >= 0.3 is 0 Å². The molecule has 0 spiro atoms. The van der Waals surface area contributed by atoms with Crippen LogP contribution in [0.1, 0.15) is 22.8 Å². The molecule has 5 heteroatoms. The molecule has 0 saturated carbocycles. The highest BCUT2D eigenvalue weighted by Gasteiger charge is 2.20. The lowest BCUT2D eigenvalue weighted by molar-refractivity contribution is -0.0246. The van der Waals surface area contributed by atoms with Crippen molar-refractivity contribution in [2.45, 2.75) is 20.0 Å². The summed E-state index contributed by atoms with van der Waals surface area (Å²) < 4.78 is 19.3. The van der Waals surface area contributed by atoms with Crippen molar-refractivity contribution in [1.29, 1.82) is 0 Å². The van der Waals surface area contributed by atoms with Gasteiger partial charge in [0, 0.05) is 19.6 Å². The lowest BCUT2D eigenvalue weighted by Crippen LogP contribution is -2.47. The fourth-order valence-corrected chi connectivity index (χ4v) is 2.30. The van der Waals surface area contributed by atoms with Gasteiger partial charge in [0.15, 0.2) is 0 Å². The van der Waals surface area contributed by atoms with E-state index in [1.807, 2.05) is 0 Å². The average molecular weight is 280 g/mol. The smallest absolute Gasteiger partial charge is 0.254 e. The van der Waals surface area contributed by atoms with Crippen LogP contribution in [0.3, 0.4) is 0 Å². The van der Waals surface area contributed by atoms with E-state index in [1.54, 1.807) is 13.0 Å². The summed E-state index contributed by atoms with van der Waals surface area (Å²) in [6.07, 6.45) is -0.0267. The highest BCUT2D eigenvalue weighted by molar-refractivity contribution is 5.94. The van der Waals surface area contributed by atoms with Gasteiger partial charge in [0.05, 0.1) is 18.3 Å². The van der Waals surface area contributed by atoms with Gasteiger partial charge in [0.25, 0.3) is 5.91 Å². The maximum absolute atomic E-state index is 13.7. The number of carbonyl (C=O) groups excluding carboxylic acids is 1. The molecule has 1 aromatic rings. The van der Waals surface area contributed by atoms with E-state index in [1.165, 1.54) is 12.1 Å². The third-order valence-corrected chi connectivity index (χ3v) is 3.53. The lowest BCUT2D eigenvalue weighted by atomic mass is 10.1. The van der Waals surface area contributed by atoms with Gasteiger partial charge in [0.1, 0.15) is 5.82 Å². The number of benzene rings is 1. The van der Waals surface area contributed by atoms with E-state index in [0.717, 1.165) is 25.2 Å². The van der Waals surface area contributed by atoms with E-state index < -0.39 is 5.82 Å². The number of likely N-dealkylation sites (N-methyl/N-ethyl adjacent to an activating group) is 1. The summed E-state index contributed by atoms with van der Waals surface area (Å²) in [7, 11) is 0. The summed E-state index contributed by atoms with van der Waals surface area (Å²) >= 11 is 0. The molecule has 1 saturated heterocycles. The van der Waals surface area contributed by atoms with Gasteiger partial charge in [-0.05, 0) is 31.2 Å². The Bertz CT molecular complexity index is 479. The van der Waals surface area contributed by atoms with Crippen molar-refractivity contribution in [3.8, 4) is 0 Å². The molecule has 110 valence electrons. The molecule has 1 amide bonds. The van der Waals surface area contributed by atoms with Crippen LogP contribution in [0.25, 0.3) is 0 Å². The number of hydrogen-bond acceptors (Lipinski definition) is 3. The summed E-state index contributed by atoms with van der Waals surface area (Å²) in [6, 6.07) is 4.61. The molecule has 4 nitrogen and oxygen atoms in total. The van der Waals surface area contributed by atoms with E-state index >= 15 is 0 Å². The number of nitrogens with one attached hydrogen (secondary N) is 1. The molecule has 2 rings (SSSR count). The van der Waals surface area contributed by atoms with Crippen LogP contribution in [0.2, 0.25) is 0 Å². The zero-order chi connectivity index (χ0) is 14.5. The van der Waals surface area contributed by atoms with E-state index in [4.69, 9.17) is 4.74 Å². The number of morpholine rings is 1. The van der Waals surface area contributed by atoms with E-state index in [9.17, 15) is 9.18 Å². The van der Waals surface area contributed by atoms with Crippen LogP contribution in [0, 0.1) is 12.7 Å². The maximum atomic E-state index is 13.7. The Morgan fingerprint density at radius 2 is 2.35 bits per heavy atom. The first kappa shape index (κ1) is 14.9. The number of halogens is 1. The molecule has 1 N–H and O–H groups in total. The number of ether oxygens (including phenoxy) is 1. The van der Waals surface area contributed by atoms with Crippen molar-refractivity contribution in [2.24, 2.45) is 0 Å². The van der Waals surface area contributed by atoms with Crippen LogP contribution >= 0.6 is 0 Å². The molecule has 0 bridgehead atoms. The molecule has 1 unspecified atom stereocenters. The van der Waals surface area contributed by atoms with Crippen molar-refractivity contribution >= 4 is 5.91 Å². The van der Waals surface area contributed by atoms with Crippen LogP contribution < -0.4 is 5.32 Å². The van der Waals surface area contributed by atoms with Gasteiger partial charge in [-0.15, -0.1) is 0 Å². The number of hydrogen-bond donors (Lipinski definition) is 1. The lowest BCUT2D eigenvalue weighted by Gasteiger charge is -2.32. The predicted octanol–water partition coefficient (Wildman–Crippen LogP) is 1.58. The third kappa shape index (κ3) is 3.77. The number of rotatable bonds is 4. The fraction of sp³-hybridized carbons (Fsp3) is 0.533. The fourth-order valence-electron chi connectivity index (χ4n) is 2.30. The molecule has 1 fully saturated rings. The van der Waals surface area contributed by atoms with Gasteiger partial charge in [-0.2, -0.15) is 0 Å². The Hall–Kier alpha value is -1.46. The quantitative estimate of drug-likeness (QED) is 0.910. The van der Waals surface area contributed by atoms with Gasteiger partial charge in [-0.3, -0.25) is 9.69 Å². The second-order valence-corrected chi connectivity index (χ2v) is 5.08. The summed E-state index contributed by atoms with van der Waals surface area (Å²) in [6.45, 7) is 7.67. The van der Waals surface area contributed by atoms with Crippen molar-refractivity contribution in [1.82, 2.24) is 10.2 Å². The highest BCUT2D eigenvalue weighted by atomic mass is 19.1. The highest BCUT2D eigenvalue weighted by Crippen LogP contribution is 2.10. The standard InChI is InChI=1S/C15H21FN2O2/c1-3-18-6-7-20-12(10-18)9-17-15(19)13-5-4-11(2)8-14(13)16/h4-5,8,12H,3,6-7,9-10H2,1-2H3,(H,17,19). The molecule has 0 aromatic heterocycles. The number of nitrogens with zero attached hydrogens (tertiary/aromatic N) is 1. The molecule has 1 aliphatic heterocycles. The van der Waals surface area contributed by atoms with E-state index in [0.29, 0.717) is 13.2 Å². The summed E-state index contributed by atoms with van der Waals surface area (Å²) in [5.41, 5.74) is 0.881. The van der Waals surface area contributed by atoms with Crippen molar-refractivity contribution in [3.05, 3.63) is 35.1 Å². The van der Waals surface area contributed by atoms with Crippen LogP contribution in [0.5, 0.6) is 0 Å². The number of carbonyl (C=O) groups is 1. The average Bonchev–Trinajstić information content (AvgIpc) is 2.45. The molecule has 0 radical (unpaired) electrons. The van der Waals surface area contributed by atoms with Crippen molar-refractivity contribution in [3.63, 3.8) is 0 Å². The second-order valence-electron chi connectivity index (χ2n) is 5.08. The predicted molar refractivity (Wildman–Crippen MR) is 75.3 cm³/mol. The SMILES string of the molecule is CCN1CCOC(CNC(=O)c2ccc(C)cc2F)C1. The third-order valence-electron chi connectivity index (χ3n) is 3.53. The minimum absolute atomic E-state index is 0.0267. The molecular weight excluding hydrogens is 259 g/mol. The molecule has 20 heavy (non-hydrogen) atoms. The minimum Gasteiger partial charge on any atom is -0.374 e. The Morgan fingerprint density at radius 3 is 3.05 bits per heavy atom. The Morgan fingerprint density at radius 1 is 1.55 bits per heavy atom. The molecule has 1 aromatic carbocycles.